The summed E-state index contributed by atoms with van der Waals surface area (Å²) in [7, 11) is 0. The van der Waals surface area contributed by atoms with Gasteiger partial charge in [0.25, 0.3) is 5.91 Å². The number of hydrogen-bond acceptors (Lipinski definition) is 5. The Morgan fingerprint density at radius 1 is 1.46 bits per heavy atom. The van der Waals surface area contributed by atoms with Gasteiger partial charge in [-0.25, -0.2) is 0 Å². The van der Waals surface area contributed by atoms with Gasteiger partial charge in [-0.1, -0.05) is 25.9 Å². The lowest BCUT2D eigenvalue weighted by molar-refractivity contribution is -0.207. The van der Waals surface area contributed by atoms with Crippen LogP contribution in [0.25, 0.3) is 0 Å². The molecule has 1 saturated heterocycles. The van der Waals surface area contributed by atoms with Crippen molar-refractivity contribution in [3.63, 3.8) is 0 Å². The number of rotatable bonds is 3. The standard InChI is InChI=1S/C18H28N2O4/c1-5-23-15-11-13(21)18(15)6-8-20(9-7-18)16(22)12-10-14(24-19-12)17(2,3)4/h10,13,15,21H,5-9,11H2,1-4H3/t13-,15+/m1/s1. The topological polar surface area (TPSA) is 75.8 Å². The van der Waals surface area contributed by atoms with Crippen LogP contribution in [0.5, 0.6) is 0 Å². The summed E-state index contributed by atoms with van der Waals surface area (Å²) in [6, 6.07) is 1.74. The third kappa shape index (κ3) is 2.86. The number of aliphatic hydroxyl groups is 1. The zero-order valence-corrected chi connectivity index (χ0v) is 15.0. The van der Waals surface area contributed by atoms with Crippen LogP contribution in [-0.4, -0.2) is 53.0 Å². The molecule has 2 fully saturated rings. The lowest BCUT2D eigenvalue weighted by atomic mass is 9.58. The molecule has 6 heteroatoms. The molecular formula is C18H28N2O4. The van der Waals surface area contributed by atoms with Gasteiger partial charge < -0.3 is 19.3 Å². The van der Waals surface area contributed by atoms with E-state index in [0.717, 1.165) is 12.8 Å². The Hall–Kier alpha value is -1.40. The Balaban J connectivity index is 1.64. The van der Waals surface area contributed by atoms with Crippen molar-refractivity contribution in [3.8, 4) is 0 Å². The average molecular weight is 336 g/mol. The number of carbonyl (C=O) groups is 1. The van der Waals surface area contributed by atoms with Gasteiger partial charge in [0.05, 0.1) is 12.2 Å². The molecule has 1 aliphatic heterocycles. The highest BCUT2D eigenvalue weighted by atomic mass is 16.5. The van der Waals surface area contributed by atoms with Gasteiger partial charge >= 0.3 is 0 Å². The Bertz CT molecular complexity index is 594. The zero-order valence-electron chi connectivity index (χ0n) is 15.0. The van der Waals surface area contributed by atoms with E-state index in [-0.39, 0.29) is 28.9 Å². The number of hydrogen-bond donors (Lipinski definition) is 1. The predicted molar refractivity (Wildman–Crippen MR) is 88.8 cm³/mol. The van der Waals surface area contributed by atoms with Gasteiger partial charge in [0, 0.05) is 43.0 Å². The zero-order chi connectivity index (χ0) is 17.5. The minimum Gasteiger partial charge on any atom is -0.392 e. The smallest absolute Gasteiger partial charge is 0.276 e. The molecule has 1 saturated carbocycles. The number of ether oxygens (including phenoxy) is 1. The predicted octanol–water partition coefficient (Wildman–Crippen LogP) is 2.36. The maximum Gasteiger partial charge on any atom is 0.276 e. The summed E-state index contributed by atoms with van der Waals surface area (Å²) in [4.78, 5) is 14.5. The lowest BCUT2D eigenvalue weighted by Gasteiger charge is -2.56. The Labute approximate surface area is 143 Å². The van der Waals surface area contributed by atoms with Crippen molar-refractivity contribution in [3.05, 3.63) is 17.5 Å². The van der Waals surface area contributed by atoms with E-state index in [1.54, 1.807) is 6.07 Å². The molecule has 1 spiro atoms. The van der Waals surface area contributed by atoms with Gasteiger partial charge in [-0.15, -0.1) is 0 Å². The number of likely N-dealkylation sites (tertiary alicyclic amines) is 1. The van der Waals surface area contributed by atoms with Gasteiger partial charge in [-0.3, -0.25) is 4.79 Å². The first-order valence-corrected chi connectivity index (χ1v) is 8.84. The molecule has 0 bridgehead atoms. The van der Waals surface area contributed by atoms with Gasteiger partial charge in [-0.2, -0.15) is 0 Å². The number of aliphatic hydroxyl groups excluding tert-OH is 1. The minimum absolute atomic E-state index is 0.0918. The fourth-order valence-electron chi connectivity index (χ4n) is 3.83. The molecule has 0 unspecified atom stereocenters. The maximum absolute atomic E-state index is 12.7. The molecule has 1 amide bonds. The fraction of sp³-hybridized carbons (Fsp3) is 0.778. The van der Waals surface area contributed by atoms with Crippen LogP contribution in [0.4, 0.5) is 0 Å². The van der Waals surface area contributed by atoms with E-state index in [0.29, 0.717) is 37.6 Å². The molecule has 24 heavy (non-hydrogen) atoms. The molecule has 2 heterocycles. The third-order valence-corrected chi connectivity index (χ3v) is 5.56. The molecular weight excluding hydrogens is 308 g/mol. The summed E-state index contributed by atoms with van der Waals surface area (Å²) in [5.74, 6) is 0.621. The van der Waals surface area contributed by atoms with Crippen LogP contribution in [0.2, 0.25) is 0 Å². The highest BCUT2D eigenvalue weighted by Gasteiger charge is 2.56. The molecule has 0 radical (unpaired) electrons. The summed E-state index contributed by atoms with van der Waals surface area (Å²) >= 11 is 0. The molecule has 2 atom stereocenters. The normalized spacial score (nSPS) is 26.5. The molecule has 2 aliphatic rings. The van der Waals surface area contributed by atoms with Crippen LogP contribution in [-0.2, 0) is 10.2 Å². The summed E-state index contributed by atoms with van der Waals surface area (Å²) in [5, 5.41) is 14.2. The summed E-state index contributed by atoms with van der Waals surface area (Å²) in [6.07, 6.45) is 2.06. The van der Waals surface area contributed by atoms with E-state index in [1.807, 2.05) is 32.6 Å². The SMILES string of the molecule is CCO[C@H]1C[C@@H](O)C12CCN(C(=O)c1cc(C(C)(C)C)on1)CC2. The van der Waals surface area contributed by atoms with Crippen LogP contribution < -0.4 is 0 Å². The molecule has 134 valence electrons. The van der Waals surface area contributed by atoms with E-state index >= 15 is 0 Å². The van der Waals surface area contributed by atoms with Gasteiger partial charge in [0.2, 0.25) is 0 Å². The number of amides is 1. The molecule has 1 aromatic heterocycles. The third-order valence-electron chi connectivity index (χ3n) is 5.56. The van der Waals surface area contributed by atoms with E-state index < -0.39 is 0 Å². The van der Waals surface area contributed by atoms with E-state index in [9.17, 15) is 9.90 Å². The average Bonchev–Trinajstić information content (AvgIpc) is 3.04. The monoisotopic (exact) mass is 336 g/mol. The number of aromatic nitrogens is 1. The molecule has 1 aromatic rings. The van der Waals surface area contributed by atoms with Crippen molar-refractivity contribution in [1.29, 1.82) is 0 Å². The van der Waals surface area contributed by atoms with Crippen molar-refractivity contribution in [2.24, 2.45) is 5.41 Å². The Morgan fingerprint density at radius 3 is 2.62 bits per heavy atom. The quantitative estimate of drug-likeness (QED) is 0.917. The van der Waals surface area contributed by atoms with Gasteiger partial charge in [-0.05, 0) is 19.8 Å². The van der Waals surface area contributed by atoms with Crippen molar-refractivity contribution in [2.75, 3.05) is 19.7 Å². The van der Waals surface area contributed by atoms with Crippen LogP contribution in [0.1, 0.15) is 63.2 Å². The number of carbonyl (C=O) groups excluding carboxylic acids is 1. The highest BCUT2D eigenvalue weighted by Crippen LogP contribution is 2.51. The van der Waals surface area contributed by atoms with Crippen LogP contribution >= 0.6 is 0 Å². The van der Waals surface area contributed by atoms with Crippen LogP contribution in [0.15, 0.2) is 10.6 Å². The molecule has 1 N–H and O–H groups in total. The second-order valence-electron chi connectivity index (χ2n) is 8.05. The number of nitrogens with zero attached hydrogens (tertiary/aromatic N) is 2. The summed E-state index contributed by atoms with van der Waals surface area (Å²) in [6.45, 7) is 9.97. The molecule has 3 rings (SSSR count). The molecule has 6 nitrogen and oxygen atoms in total. The lowest BCUT2D eigenvalue weighted by Crippen LogP contribution is -2.62. The van der Waals surface area contributed by atoms with E-state index in [4.69, 9.17) is 9.26 Å². The maximum atomic E-state index is 12.7. The van der Waals surface area contributed by atoms with E-state index in [2.05, 4.69) is 5.16 Å². The highest BCUT2D eigenvalue weighted by molar-refractivity contribution is 5.92. The van der Waals surface area contributed by atoms with Gasteiger partial charge in [0.1, 0.15) is 5.76 Å². The van der Waals surface area contributed by atoms with Crippen molar-refractivity contribution < 1.29 is 19.2 Å². The summed E-state index contributed by atoms with van der Waals surface area (Å²) < 4.78 is 11.1. The second-order valence-corrected chi connectivity index (χ2v) is 8.05. The van der Waals surface area contributed by atoms with E-state index in [1.165, 1.54) is 0 Å². The summed E-state index contributed by atoms with van der Waals surface area (Å²) in [5.41, 5.74) is 0.0252. The fourth-order valence-corrected chi connectivity index (χ4v) is 3.83. The first kappa shape index (κ1) is 17.4. The van der Waals surface area contributed by atoms with Crippen molar-refractivity contribution in [1.82, 2.24) is 10.1 Å². The Morgan fingerprint density at radius 2 is 2.12 bits per heavy atom. The first-order valence-electron chi connectivity index (χ1n) is 8.84. The van der Waals surface area contributed by atoms with Crippen LogP contribution in [0, 0.1) is 5.41 Å². The second kappa shape index (κ2) is 6.15. The van der Waals surface area contributed by atoms with Crippen molar-refractivity contribution >= 4 is 5.91 Å². The molecule has 1 aliphatic carbocycles. The van der Waals surface area contributed by atoms with Crippen LogP contribution in [0.3, 0.4) is 0 Å². The number of piperidine rings is 1. The first-order chi connectivity index (χ1) is 11.3. The minimum atomic E-state index is -0.314. The van der Waals surface area contributed by atoms with Crippen molar-refractivity contribution in [2.45, 2.75) is 64.6 Å². The largest absolute Gasteiger partial charge is 0.392 e. The molecule has 0 aromatic carbocycles. The van der Waals surface area contributed by atoms with Gasteiger partial charge in [0.15, 0.2) is 5.69 Å². The Kier molecular flexibility index (Phi) is 4.47.